The van der Waals surface area contributed by atoms with Crippen LogP contribution in [0.4, 0.5) is 0 Å². The molecule has 0 unspecified atom stereocenters. The van der Waals surface area contributed by atoms with Gasteiger partial charge in [0, 0.05) is 11.6 Å². The van der Waals surface area contributed by atoms with Crippen LogP contribution < -0.4 is 15.7 Å². The molecule has 1 aromatic heterocycles. The molecule has 110 valence electrons. The molecule has 1 saturated heterocycles. The van der Waals surface area contributed by atoms with Crippen molar-refractivity contribution in [2.45, 2.75) is 0 Å². The van der Waals surface area contributed by atoms with Crippen molar-refractivity contribution in [2.24, 2.45) is 0 Å². The predicted molar refractivity (Wildman–Crippen MR) is 80.3 cm³/mol. The first-order chi connectivity index (χ1) is 10.5. The first-order valence-corrected chi connectivity index (χ1v) is 6.69. The molecule has 0 saturated carbocycles. The number of thiocarbonyl (C=S) groups is 1. The Balaban J connectivity index is 1.85. The lowest BCUT2D eigenvalue weighted by atomic mass is 10.1. The molecule has 7 heteroatoms. The van der Waals surface area contributed by atoms with Crippen molar-refractivity contribution in [2.75, 3.05) is 0 Å². The highest BCUT2D eigenvalue weighted by Crippen LogP contribution is 2.23. The highest BCUT2D eigenvalue weighted by atomic mass is 32.1. The second-order valence-corrected chi connectivity index (χ2v) is 4.94. The van der Waals surface area contributed by atoms with Gasteiger partial charge in [0.1, 0.15) is 17.2 Å². The molecule has 0 atom stereocenters. The minimum absolute atomic E-state index is 0.0954. The van der Waals surface area contributed by atoms with Gasteiger partial charge in [-0.15, -0.1) is 0 Å². The number of hydrogen-bond donors (Lipinski definition) is 2. The molecule has 6 nitrogen and oxygen atoms in total. The molecule has 1 aliphatic rings. The maximum Gasteiger partial charge on any atom is 0.274 e. The van der Waals surface area contributed by atoms with Crippen molar-refractivity contribution >= 4 is 35.3 Å². The van der Waals surface area contributed by atoms with Crippen LogP contribution in [0.2, 0.25) is 0 Å². The molecule has 2 heterocycles. The third kappa shape index (κ3) is 2.75. The van der Waals surface area contributed by atoms with E-state index in [2.05, 4.69) is 10.6 Å². The fraction of sp³-hybridized carbons (Fsp3) is 0. The standard InChI is InChI=1S/C15H10N2O4S/c18-13-11(16-15(22)17-13)7-10-5-6-12(21-10)8-1-3-9(4-2-8)14(19)20/h1-7H,(H,19,20)(H2,16,17,18,22)/p-1/b11-7+. The van der Waals surface area contributed by atoms with Crippen molar-refractivity contribution in [3.8, 4) is 11.3 Å². The number of aromatic carboxylic acids is 1. The molecule has 0 bridgehead atoms. The number of nitrogens with one attached hydrogen (secondary N) is 2. The first kappa shape index (κ1) is 14.0. The van der Waals surface area contributed by atoms with Crippen molar-refractivity contribution in [1.82, 2.24) is 10.6 Å². The van der Waals surface area contributed by atoms with Crippen LogP contribution in [0, 0.1) is 0 Å². The van der Waals surface area contributed by atoms with Gasteiger partial charge < -0.3 is 19.6 Å². The summed E-state index contributed by atoms with van der Waals surface area (Å²) in [5, 5.41) is 16.1. The number of carbonyl (C=O) groups is 2. The van der Waals surface area contributed by atoms with Gasteiger partial charge in [0.25, 0.3) is 5.91 Å². The third-order valence-electron chi connectivity index (χ3n) is 3.04. The Morgan fingerprint density at radius 3 is 2.45 bits per heavy atom. The predicted octanol–water partition coefficient (Wildman–Crippen LogP) is 0.655. The fourth-order valence-corrected chi connectivity index (χ4v) is 2.18. The molecule has 1 fully saturated rings. The van der Waals surface area contributed by atoms with Gasteiger partial charge in [0.2, 0.25) is 0 Å². The molecule has 0 spiro atoms. The quantitative estimate of drug-likeness (QED) is 0.638. The highest BCUT2D eigenvalue weighted by Gasteiger charge is 2.20. The minimum atomic E-state index is -1.23. The van der Waals surface area contributed by atoms with E-state index in [-0.39, 0.29) is 16.6 Å². The number of carboxylic acid groups (broad SMARTS) is 1. The monoisotopic (exact) mass is 313 g/mol. The van der Waals surface area contributed by atoms with E-state index in [0.29, 0.717) is 22.8 Å². The Morgan fingerprint density at radius 2 is 1.86 bits per heavy atom. The SMILES string of the molecule is O=C1NC(=S)N/C1=C/c1ccc(-c2ccc(C(=O)[O-])cc2)o1. The van der Waals surface area contributed by atoms with Crippen molar-refractivity contribution in [1.29, 1.82) is 0 Å². The zero-order chi connectivity index (χ0) is 15.7. The molecule has 22 heavy (non-hydrogen) atoms. The molecule has 3 rings (SSSR count). The van der Waals surface area contributed by atoms with Crippen molar-refractivity contribution in [3.05, 3.63) is 53.4 Å². The number of carbonyl (C=O) groups excluding carboxylic acids is 2. The van der Waals surface area contributed by atoms with E-state index in [9.17, 15) is 14.7 Å². The van der Waals surface area contributed by atoms with Crippen molar-refractivity contribution < 1.29 is 19.1 Å². The van der Waals surface area contributed by atoms with E-state index in [4.69, 9.17) is 16.6 Å². The molecular formula is C15H9N2O4S-. The lowest BCUT2D eigenvalue weighted by molar-refractivity contribution is -0.255. The summed E-state index contributed by atoms with van der Waals surface area (Å²) in [6.07, 6.45) is 1.54. The van der Waals surface area contributed by atoms with Crippen LogP contribution in [0.3, 0.4) is 0 Å². The van der Waals surface area contributed by atoms with Gasteiger partial charge in [-0.2, -0.15) is 0 Å². The van der Waals surface area contributed by atoms with E-state index < -0.39 is 5.97 Å². The van der Waals surface area contributed by atoms with Crippen LogP contribution in [0.15, 0.2) is 46.5 Å². The summed E-state index contributed by atoms with van der Waals surface area (Å²) in [5.41, 5.74) is 1.12. The lowest BCUT2D eigenvalue weighted by Crippen LogP contribution is -2.21. The maximum absolute atomic E-state index is 11.5. The topological polar surface area (TPSA) is 94.4 Å². The van der Waals surface area contributed by atoms with Gasteiger partial charge in [-0.25, -0.2) is 0 Å². The molecule has 1 aromatic carbocycles. The Hall–Kier alpha value is -2.93. The lowest BCUT2D eigenvalue weighted by Gasteiger charge is -2.02. The van der Waals surface area contributed by atoms with Crippen LogP contribution in [-0.2, 0) is 4.79 Å². The average Bonchev–Trinajstić information content (AvgIpc) is 3.06. The maximum atomic E-state index is 11.5. The minimum Gasteiger partial charge on any atom is -0.545 e. The zero-order valence-corrected chi connectivity index (χ0v) is 11.9. The third-order valence-corrected chi connectivity index (χ3v) is 3.24. The molecule has 1 aliphatic heterocycles. The van der Waals surface area contributed by atoms with Gasteiger partial charge in [-0.1, -0.05) is 24.3 Å². The number of furan rings is 1. The normalized spacial score (nSPS) is 15.7. The van der Waals surface area contributed by atoms with Crippen LogP contribution in [0.5, 0.6) is 0 Å². The summed E-state index contributed by atoms with van der Waals surface area (Å²) < 4.78 is 5.61. The van der Waals surface area contributed by atoms with Crippen LogP contribution in [0.1, 0.15) is 16.1 Å². The van der Waals surface area contributed by atoms with Crippen LogP contribution in [-0.4, -0.2) is 17.0 Å². The Kier molecular flexibility index (Phi) is 3.48. The van der Waals surface area contributed by atoms with E-state index in [1.54, 1.807) is 24.3 Å². The Morgan fingerprint density at radius 1 is 1.14 bits per heavy atom. The zero-order valence-electron chi connectivity index (χ0n) is 11.1. The fourth-order valence-electron chi connectivity index (χ4n) is 1.98. The van der Waals surface area contributed by atoms with Gasteiger partial charge >= 0.3 is 0 Å². The van der Waals surface area contributed by atoms with E-state index in [1.165, 1.54) is 18.2 Å². The largest absolute Gasteiger partial charge is 0.545 e. The van der Waals surface area contributed by atoms with Crippen molar-refractivity contribution in [3.63, 3.8) is 0 Å². The summed E-state index contributed by atoms with van der Waals surface area (Å²) >= 11 is 4.84. The molecule has 2 N–H and O–H groups in total. The van der Waals surface area contributed by atoms with Gasteiger partial charge in [-0.3, -0.25) is 10.1 Å². The second-order valence-electron chi connectivity index (χ2n) is 4.53. The van der Waals surface area contributed by atoms with E-state index >= 15 is 0 Å². The number of amides is 1. The number of benzene rings is 1. The van der Waals surface area contributed by atoms with Gasteiger partial charge in [0.05, 0.1) is 5.97 Å². The Labute approximate surface area is 130 Å². The summed E-state index contributed by atoms with van der Waals surface area (Å²) in [6, 6.07) is 9.55. The van der Waals surface area contributed by atoms with Gasteiger partial charge in [-0.05, 0) is 29.9 Å². The van der Waals surface area contributed by atoms with Gasteiger partial charge in [0.15, 0.2) is 5.11 Å². The number of carboxylic acids is 1. The number of rotatable bonds is 3. The molecule has 0 aliphatic carbocycles. The summed E-state index contributed by atoms with van der Waals surface area (Å²) in [4.78, 5) is 22.2. The number of hydrogen-bond acceptors (Lipinski definition) is 5. The average molecular weight is 313 g/mol. The molecule has 1 amide bonds. The summed E-state index contributed by atoms with van der Waals surface area (Å²) in [7, 11) is 0. The second kappa shape index (κ2) is 5.45. The molecular weight excluding hydrogens is 304 g/mol. The molecule has 0 radical (unpaired) electrons. The van der Waals surface area contributed by atoms with Crippen LogP contribution >= 0.6 is 12.2 Å². The summed E-state index contributed by atoms with van der Waals surface area (Å²) in [5.74, 6) is -0.522. The summed E-state index contributed by atoms with van der Waals surface area (Å²) in [6.45, 7) is 0. The van der Waals surface area contributed by atoms with Crippen LogP contribution in [0.25, 0.3) is 17.4 Å². The van der Waals surface area contributed by atoms with E-state index in [0.717, 1.165) is 0 Å². The molecule has 2 aromatic rings. The highest BCUT2D eigenvalue weighted by molar-refractivity contribution is 7.80. The first-order valence-electron chi connectivity index (χ1n) is 6.28. The smallest absolute Gasteiger partial charge is 0.274 e. The van der Waals surface area contributed by atoms with E-state index in [1.807, 2.05) is 0 Å². The Bertz CT molecular complexity index is 805.